The molecular weight excluding hydrogens is 503 g/mol. The summed E-state index contributed by atoms with van der Waals surface area (Å²) in [5.41, 5.74) is 3.54. The summed E-state index contributed by atoms with van der Waals surface area (Å²) in [5.74, 6) is -0.940. The van der Waals surface area contributed by atoms with Crippen LogP contribution in [0, 0.1) is 23.2 Å². The summed E-state index contributed by atoms with van der Waals surface area (Å²) in [4.78, 5) is 7.66. The number of pyridine rings is 2. The molecule has 30 heavy (non-hydrogen) atoms. The van der Waals surface area contributed by atoms with E-state index in [1.165, 1.54) is 19.1 Å². The van der Waals surface area contributed by atoms with Crippen molar-refractivity contribution in [3.05, 3.63) is 65.3 Å². The summed E-state index contributed by atoms with van der Waals surface area (Å²) < 4.78 is 32.2. The Balaban J connectivity index is 0.000000266. The Morgan fingerprint density at radius 2 is 1.90 bits per heavy atom. The lowest BCUT2D eigenvalue weighted by Crippen LogP contribution is -2.35. The number of hydrogen-bond acceptors (Lipinski definition) is 5. The second-order valence-corrected chi connectivity index (χ2v) is 7.49. The van der Waals surface area contributed by atoms with Crippen molar-refractivity contribution in [2.24, 2.45) is 0 Å². The van der Waals surface area contributed by atoms with E-state index in [4.69, 9.17) is 15.1 Å². The molecule has 0 radical (unpaired) electrons. The highest BCUT2D eigenvalue weighted by molar-refractivity contribution is 14.1. The molecule has 1 aliphatic rings. The minimum atomic E-state index is -0.514. The SMILES string of the molecule is C=C(C)c1nc(F)ccc1CCO.CC#N.CC1(CI)OCCc2ccc(F)nc21. The van der Waals surface area contributed by atoms with Crippen molar-refractivity contribution in [1.82, 2.24) is 9.97 Å². The molecule has 0 aromatic carbocycles. The number of ether oxygens (including phenoxy) is 1. The predicted octanol–water partition coefficient (Wildman–Crippen LogP) is 4.76. The van der Waals surface area contributed by atoms with Crippen molar-refractivity contribution in [1.29, 1.82) is 5.26 Å². The van der Waals surface area contributed by atoms with Crippen molar-refractivity contribution in [2.75, 3.05) is 17.6 Å². The second kappa shape index (κ2) is 12.7. The number of allylic oxidation sites excluding steroid dienone is 1. The first-order chi connectivity index (χ1) is 14.2. The summed E-state index contributed by atoms with van der Waals surface area (Å²) >= 11 is 2.24. The van der Waals surface area contributed by atoms with Crippen LogP contribution in [-0.4, -0.2) is 32.7 Å². The Morgan fingerprint density at radius 3 is 2.47 bits per heavy atom. The van der Waals surface area contributed by atoms with E-state index < -0.39 is 17.5 Å². The Kier molecular flexibility index (Phi) is 11.0. The minimum absolute atomic E-state index is 0.0353. The number of nitriles is 1. The maximum Gasteiger partial charge on any atom is 0.213 e. The molecule has 0 bridgehead atoms. The Hall–Kier alpha value is -1.96. The highest BCUT2D eigenvalue weighted by atomic mass is 127. The standard InChI is InChI=1S/C10H11FINO.C10H12FNO.C2H3N/c1-10(6-12)9-7(4-5-14-10)2-3-8(11)13-9;1-7(2)10-8(5-6-13)3-4-9(11)12-10;1-2-3/h2-3H,4-6H2,1H3;3-4,13H,1,5-6H2,2H3;1H3. The number of rotatable bonds is 4. The summed E-state index contributed by atoms with van der Waals surface area (Å²) in [6, 6.07) is 7.89. The monoisotopic (exact) mass is 529 g/mol. The highest BCUT2D eigenvalue weighted by Crippen LogP contribution is 2.33. The maximum atomic E-state index is 13.0. The fourth-order valence-corrected chi connectivity index (χ4v) is 3.42. The summed E-state index contributed by atoms with van der Waals surface area (Å²) in [7, 11) is 0. The number of halogens is 3. The lowest BCUT2D eigenvalue weighted by Gasteiger charge is -2.33. The number of aliphatic hydroxyl groups is 1. The molecule has 2 aromatic rings. The van der Waals surface area contributed by atoms with Crippen molar-refractivity contribution in [3.8, 4) is 6.07 Å². The van der Waals surface area contributed by atoms with Crippen LogP contribution in [0.4, 0.5) is 8.78 Å². The first kappa shape index (κ1) is 26.1. The van der Waals surface area contributed by atoms with Gasteiger partial charge in [-0.25, -0.2) is 9.97 Å². The normalized spacial score (nSPS) is 16.7. The van der Waals surface area contributed by atoms with Gasteiger partial charge in [-0.1, -0.05) is 41.3 Å². The van der Waals surface area contributed by atoms with Gasteiger partial charge < -0.3 is 9.84 Å². The Labute approximate surface area is 190 Å². The van der Waals surface area contributed by atoms with Crippen LogP contribution in [0.25, 0.3) is 5.57 Å². The zero-order valence-electron chi connectivity index (χ0n) is 17.4. The van der Waals surface area contributed by atoms with Crippen LogP contribution in [0.3, 0.4) is 0 Å². The third-order valence-corrected chi connectivity index (χ3v) is 5.68. The second-order valence-electron chi connectivity index (χ2n) is 6.72. The van der Waals surface area contributed by atoms with Crippen molar-refractivity contribution < 1.29 is 18.6 Å². The number of aliphatic hydroxyl groups excluding tert-OH is 1. The predicted molar refractivity (Wildman–Crippen MR) is 121 cm³/mol. The lowest BCUT2D eigenvalue weighted by molar-refractivity contribution is -0.0295. The molecule has 1 unspecified atom stereocenters. The van der Waals surface area contributed by atoms with Gasteiger partial charge in [0.2, 0.25) is 11.9 Å². The van der Waals surface area contributed by atoms with E-state index in [1.54, 1.807) is 19.1 Å². The molecule has 0 amide bonds. The topological polar surface area (TPSA) is 79.0 Å². The van der Waals surface area contributed by atoms with E-state index >= 15 is 0 Å². The molecule has 0 spiro atoms. The fourth-order valence-electron chi connectivity index (χ4n) is 2.84. The summed E-state index contributed by atoms with van der Waals surface area (Å²) in [6.45, 7) is 9.59. The lowest BCUT2D eigenvalue weighted by atomic mass is 9.95. The van der Waals surface area contributed by atoms with Crippen LogP contribution in [0.15, 0.2) is 30.8 Å². The van der Waals surface area contributed by atoms with Crippen LogP contribution >= 0.6 is 22.6 Å². The average Bonchev–Trinajstić information content (AvgIpc) is 2.71. The molecule has 5 nitrogen and oxygen atoms in total. The van der Waals surface area contributed by atoms with E-state index in [0.29, 0.717) is 24.3 Å². The number of aromatic nitrogens is 2. The van der Waals surface area contributed by atoms with E-state index in [1.807, 2.05) is 13.0 Å². The number of hydrogen-bond donors (Lipinski definition) is 1. The van der Waals surface area contributed by atoms with Gasteiger partial charge in [0.25, 0.3) is 0 Å². The van der Waals surface area contributed by atoms with Crippen molar-refractivity contribution >= 4 is 28.2 Å². The zero-order valence-corrected chi connectivity index (χ0v) is 19.5. The molecule has 2 aromatic heterocycles. The van der Waals surface area contributed by atoms with Crippen LogP contribution in [0.5, 0.6) is 0 Å². The number of nitrogens with zero attached hydrogens (tertiary/aromatic N) is 3. The Bertz CT molecular complexity index is 902. The Morgan fingerprint density at radius 1 is 1.30 bits per heavy atom. The van der Waals surface area contributed by atoms with Gasteiger partial charge in [-0.3, -0.25) is 0 Å². The van der Waals surface area contributed by atoms with Gasteiger partial charge in [-0.2, -0.15) is 14.0 Å². The smallest absolute Gasteiger partial charge is 0.213 e. The summed E-state index contributed by atoms with van der Waals surface area (Å²) in [6.07, 6.45) is 1.31. The highest BCUT2D eigenvalue weighted by Gasteiger charge is 2.34. The van der Waals surface area contributed by atoms with Crippen LogP contribution in [-0.2, 0) is 23.2 Å². The van der Waals surface area contributed by atoms with Crippen LogP contribution < -0.4 is 0 Å². The fraction of sp³-hybridized carbons (Fsp3) is 0.409. The van der Waals surface area contributed by atoms with Gasteiger partial charge in [0.05, 0.1) is 24.1 Å². The quantitative estimate of drug-likeness (QED) is 0.351. The van der Waals surface area contributed by atoms with Gasteiger partial charge in [0.15, 0.2) is 0 Å². The molecule has 0 aliphatic carbocycles. The molecule has 3 rings (SSSR count). The van der Waals surface area contributed by atoms with Crippen molar-refractivity contribution in [3.63, 3.8) is 0 Å². The van der Waals surface area contributed by atoms with Gasteiger partial charge >= 0.3 is 0 Å². The molecule has 0 saturated carbocycles. The molecular formula is C22H26F2IN3O2. The zero-order chi connectivity index (χ0) is 22.7. The van der Waals surface area contributed by atoms with Gasteiger partial charge in [0.1, 0.15) is 5.60 Å². The van der Waals surface area contributed by atoms with Gasteiger partial charge in [-0.05, 0) is 55.5 Å². The molecule has 1 atom stereocenters. The van der Waals surface area contributed by atoms with Crippen LogP contribution in [0.1, 0.15) is 43.3 Å². The number of alkyl halides is 1. The molecule has 8 heteroatoms. The number of fused-ring (bicyclic) bond motifs is 1. The third-order valence-electron chi connectivity index (χ3n) is 4.22. The molecule has 1 N–H and O–H groups in total. The molecule has 0 fully saturated rings. The summed E-state index contributed by atoms with van der Waals surface area (Å²) in [5, 5.41) is 16.1. The molecule has 0 saturated heterocycles. The average molecular weight is 529 g/mol. The first-order valence-corrected chi connectivity index (χ1v) is 10.8. The van der Waals surface area contributed by atoms with Crippen LogP contribution in [0.2, 0.25) is 0 Å². The van der Waals surface area contributed by atoms with E-state index in [0.717, 1.165) is 27.7 Å². The molecule has 162 valence electrons. The van der Waals surface area contributed by atoms with Gasteiger partial charge in [0, 0.05) is 18.0 Å². The van der Waals surface area contributed by atoms with Crippen molar-refractivity contribution in [2.45, 2.75) is 39.2 Å². The third kappa shape index (κ3) is 7.38. The minimum Gasteiger partial charge on any atom is -0.396 e. The largest absolute Gasteiger partial charge is 0.396 e. The molecule has 1 aliphatic heterocycles. The van der Waals surface area contributed by atoms with E-state index in [9.17, 15) is 8.78 Å². The van der Waals surface area contributed by atoms with E-state index in [2.05, 4.69) is 39.1 Å². The molecule has 3 heterocycles. The first-order valence-electron chi connectivity index (χ1n) is 9.31. The maximum absolute atomic E-state index is 13.0. The van der Waals surface area contributed by atoms with Gasteiger partial charge in [-0.15, -0.1) is 0 Å². The van der Waals surface area contributed by atoms with E-state index in [-0.39, 0.29) is 6.61 Å².